The Labute approximate surface area is 131 Å². The highest BCUT2D eigenvalue weighted by Crippen LogP contribution is 2.17. The normalized spacial score (nSPS) is 10.5. The number of benzene rings is 2. The second-order valence-electron chi connectivity index (χ2n) is 5.48. The Morgan fingerprint density at radius 2 is 1.73 bits per heavy atom. The Hall–Kier alpha value is -2.49. The van der Waals surface area contributed by atoms with Gasteiger partial charge in [0, 0.05) is 17.8 Å². The van der Waals surface area contributed by atoms with E-state index in [0.717, 1.165) is 22.7 Å². The van der Waals surface area contributed by atoms with Gasteiger partial charge in [0.25, 0.3) is 0 Å². The first-order valence-electron chi connectivity index (χ1n) is 7.44. The van der Waals surface area contributed by atoms with Crippen molar-refractivity contribution in [2.75, 3.05) is 11.1 Å². The standard InChI is InChI=1S/C18H22N2O2/c1-13(2)22-17-10-8-16(9-11-17)20-18(21)12-5-14-3-6-15(19)7-4-14/h3-4,6-11,13H,5,12,19H2,1-2H3,(H,20,21). The summed E-state index contributed by atoms with van der Waals surface area (Å²) in [6, 6.07) is 15.0. The van der Waals surface area contributed by atoms with Crippen molar-refractivity contribution in [2.24, 2.45) is 0 Å². The van der Waals surface area contributed by atoms with Gasteiger partial charge in [0.05, 0.1) is 6.10 Å². The number of hydrogen-bond donors (Lipinski definition) is 2. The number of ether oxygens (including phenoxy) is 1. The predicted molar refractivity (Wildman–Crippen MR) is 90.0 cm³/mol. The summed E-state index contributed by atoms with van der Waals surface area (Å²) in [4.78, 5) is 11.9. The molecule has 22 heavy (non-hydrogen) atoms. The molecule has 1 amide bonds. The van der Waals surface area contributed by atoms with Crippen LogP contribution in [0, 0.1) is 0 Å². The zero-order valence-electron chi connectivity index (χ0n) is 13.0. The fourth-order valence-corrected chi connectivity index (χ4v) is 2.05. The average Bonchev–Trinajstić information content (AvgIpc) is 2.48. The molecule has 0 aliphatic rings. The Morgan fingerprint density at radius 3 is 2.32 bits per heavy atom. The lowest BCUT2D eigenvalue weighted by molar-refractivity contribution is -0.116. The van der Waals surface area contributed by atoms with Crippen LogP contribution in [0.25, 0.3) is 0 Å². The van der Waals surface area contributed by atoms with Crippen molar-refractivity contribution in [3.63, 3.8) is 0 Å². The van der Waals surface area contributed by atoms with Crippen LogP contribution in [0.4, 0.5) is 11.4 Å². The van der Waals surface area contributed by atoms with E-state index in [0.29, 0.717) is 12.8 Å². The quantitative estimate of drug-likeness (QED) is 0.800. The topological polar surface area (TPSA) is 64.3 Å². The molecule has 4 heteroatoms. The van der Waals surface area contributed by atoms with Crippen LogP contribution in [0.2, 0.25) is 0 Å². The number of nitrogen functional groups attached to an aromatic ring is 1. The third-order valence-corrected chi connectivity index (χ3v) is 3.13. The molecule has 0 bridgehead atoms. The molecule has 0 aliphatic carbocycles. The molecule has 0 aliphatic heterocycles. The number of hydrogen-bond acceptors (Lipinski definition) is 3. The van der Waals surface area contributed by atoms with E-state index in [1.165, 1.54) is 0 Å². The Morgan fingerprint density at radius 1 is 1.09 bits per heavy atom. The van der Waals surface area contributed by atoms with Crippen molar-refractivity contribution >= 4 is 17.3 Å². The van der Waals surface area contributed by atoms with Gasteiger partial charge in [-0.1, -0.05) is 12.1 Å². The summed E-state index contributed by atoms with van der Waals surface area (Å²) < 4.78 is 5.57. The minimum Gasteiger partial charge on any atom is -0.491 e. The second-order valence-corrected chi connectivity index (χ2v) is 5.48. The zero-order chi connectivity index (χ0) is 15.9. The third-order valence-electron chi connectivity index (χ3n) is 3.13. The van der Waals surface area contributed by atoms with Gasteiger partial charge in [-0.2, -0.15) is 0 Å². The maximum absolute atomic E-state index is 11.9. The first kappa shape index (κ1) is 15.9. The van der Waals surface area contributed by atoms with Gasteiger partial charge in [-0.05, 0) is 62.2 Å². The Bertz CT molecular complexity index is 604. The van der Waals surface area contributed by atoms with E-state index in [4.69, 9.17) is 10.5 Å². The lowest BCUT2D eigenvalue weighted by Crippen LogP contribution is -2.12. The number of amides is 1. The van der Waals surface area contributed by atoms with E-state index in [1.54, 1.807) is 0 Å². The molecule has 0 saturated carbocycles. The summed E-state index contributed by atoms with van der Waals surface area (Å²) in [5.41, 5.74) is 8.25. The van der Waals surface area contributed by atoms with Crippen molar-refractivity contribution < 1.29 is 9.53 Å². The van der Waals surface area contributed by atoms with E-state index in [1.807, 2.05) is 62.4 Å². The highest BCUT2D eigenvalue weighted by atomic mass is 16.5. The van der Waals surface area contributed by atoms with Crippen molar-refractivity contribution in [1.29, 1.82) is 0 Å². The minimum atomic E-state index is -0.00523. The molecule has 0 atom stereocenters. The van der Waals surface area contributed by atoms with Gasteiger partial charge in [0.2, 0.25) is 5.91 Å². The van der Waals surface area contributed by atoms with Gasteiger partial charge >= 0.3 is 0 Å². The van der Waals surface area contributed by atoms with Crippen LogP contribution in [0.1, 0.15) is 25.8 Å². The highest BCUT2D eigenvalue weighted by Gasteiger charge is 2.04. The third kappa shape index (κ3) is 5.13. The van der Waals surface area contributed by atoms with Crippen molar-refractivity contribution in [3.05, 3.63) is 54.1 Å². The number of nitrogens with one attached hydrogen (secondary N) is 1. The van der Waals surface area contributed by atoms with E-state index < -0.39 is 0 Å². The van der Waals surface area contributed by atoms with Crippen molar-refractivity contribution in [1.82, 2.24) is 0 Å². The van der Waals surface area contributed by atoms with Crippen LogP contribution in [0.3, 0.4) is 0 Å². The van der Waals surface area contributed by atoms with Gasteiger partial charge in [0.1, 0.15) is 5.75 Å². The molecule has 3 N–H and O–H groups in total. The lowest BCUT2D eigenvalue weighted by atomic mass is 10.1. The SMILES string of the molecule is CC(C)Oc1ccc(NC(=O)CCc2ccc(N)cc2)cc1. The van der Waals surface area contributed by atoms with Crippen LogP contribution >= 0.6 is 0 Å². The molecule has 0 heterocycles. The number of nitrogens with two attached hydrogens (primary N) is 1. The second kappa shape index (κ2) is 7.50. The summed E-state index contributed by atoms with van der Waals surface area (Å²) >= 11 is 0. The van der Waals surface area contributed by atoms with E-state index >= 15 is 0 Å². The molecular formula is C18H22N2O2. The summed E-state index contributed by atoms with van der Waals surface area (Å²) in [6.07, 6.45) is 1.27. The van der Waals surface area contributed by atoms with Crippen LogP contribution in [-0.2, 0) is 11.2 Å². The molecular weight excluding hydrogens is 276 g/mol. The van der Waals surface area contributed by atoms with Crippen molar-refractivity contribution in [3.8, 4) is 5.75 Å². The highest BCUT2D eigenvalue weighted by molar-refractivity contribution is 5.90. The average molecular weight is 298 g/mol. The number of carbonyl (C=O) groups is 1. The van der Waals surface area contributed by atoms with Crippen LogP contribution in [0.5, 0.6) is 5.75 Å². The lowest BCUT2D eigenvalue weighted by Gasteiger charge is -2.10. The Kier molecular flexibility index (Phi) is 5.42. The first-order valence-corrected chi connectivity index (χ1v) is 7.44. The minimum absolute atomic E-state index is 0.00523. The largest absolute Gasteiger partial charge is 0.491 e. The predicted octanol–water partition coefficient (Wildman–Crippen LogP) is 3.63. The number of rotatable bonds is 6. The van der Waals surface area contributed by atoms with Gasteiger partial charge in [-0.3, -0.25) is 4.79 Å². The number of carbonyl (C=O) groups excluding carboxylic acids is 1. The van der Waals surface area contributed by atoms with Crippen LogP contribution in [-0.4, -0.2) is 12.0 Å². The van der Waals surface area contributed by atoms with Crippen LogP contribution in [0.15, 0.2) is 48.5 Å². The molecule has 0 unspecified atom stereocenters. The van der Waals surface area contributed by atoms with E-state index in [2.05, 4.69) is 5.32 Å². The molecule has 0 spiro atoms. The van der Waals surface area contributed by atoms with Crippen LogP contribution < -0.4 is 15.8 Å². The zero-order valence-corrected chi connectivity index (χ0v) is 13.0. The maximum Gasteiger partial charge on any atom is 0.224 e. The Balaban J connectivity index is 1.82. The molecule has 2 aromatic carbocycles. The number of aryl methyl sites for hydroxylation is 1. The molecule has 0 aromatic heterocycles. The van der Waals surface area contributed by atoms with Gasteiger partial charge < -0.3 is 15.8 Å². The summed E-state index contributed by atoms with van der Waals surface area (Å²) in [5, 5.41) is 2.88. The van der Waals surface area contributed by atoms with Gasteiger partial charge in [-0.15, -0.1) is 0 Å². The van der Waals surface area contributed by atoms with E-state index in [9.17, 15) is 4.79 Å². The van der Waals surface area contributed by atoms with Gasteiger partial charge in [0.15, 0.2) is 0 Å². The monoisotopic (exact) mass is 298 g/mol. The molecule has 0 radical (unpaired) electrons. The fourth-order valence-electron chi connectivity index (χ4n) is 2.05. The molecule has 2 rings (SSSR count). The smallest absolute Gasteiger partial charge is 0.224 e. The summed E-state index contributed by atoms with van der Waals surface area (Å²) in [6.45, 7) is 3.96. The molecule has 0 fully saturated rings. The number of anilines is 2. The van der Waals surface area contributed by atoms with Gasteiger partial charge in [-0.25, -0.2) is 0 Å². The molecule has 0 saturated heterocycles. The molecule has 116 valence electrons. The molecule has 4 nitrogen and oxygen atoms in total. The summed E-state index contributed by atoms with van der Waals surface area (Å²) in [7, 11) is 0. The molecule has 2 aromatic rings. The van der Waals surface area contributed by atoms with E-state index in [-0.39, 0.29) is 12.0 Å². The maximum atomic E-state index is 11.9. The fraction of sp³-hybridized carbons (Fsp3) is 0.278. The first-order chi connectivity index (χ1) is 10.5. The van der Waals surface area contributed by atoms with Crippen molar-refractivity contribution in [2.45, 2.75) is 32.8 Å². The summed E-state index contributed by atoms with van der Waals surface area (Å²) in [5.74, 6) is 0.796.